The molecule has 0 aliphatic heterocycles. The molecule has 0 atom stereocenters. The minimum absolute atomic E-state index is 0.0425. The Hall–Kier alpha value is -7.16. The van der Waals surface area contributed by atoms with E-state index in [2.05, 4.69) is 231 Å². The Balaban J connectivity index is 0.908. The number of nitrogens with zero attached hydrogens (tertiary/aromatic N) is 2. The molecule has 0 bridgehead atoms. The van der Waals surface area contributed by atoms with Crippen LogP contribution < -0.4 is 4.90 Å². The molecule has 10 aromatic rings. The summed E-state index contributed by atoms with van der Waals surface area (Å²) in [6.07, 6.45) is 0. The topological polar surface area (TPSA) is 8.17 Å². The van der Waals surface area contributed by atoms with Crippen molar-refractivity contribution in [1.82, 2.24) is 4.57 Å². The molecule has 0 unspecified atom stereocenters. The van der Waals surface area contributed by atoms with Crippen molar-refractivity contribution in [3.8, 4) is 39.1 Å². The van der Waals surface area contributed by atoms with E-state index < -0.39 is 0 Å². The third-order valence-corrected chi connectivity index (χ3v) is 13.8. The van der Waals surface area contributed by atoms with Crippen molar-refractivity contribution in [2.24, 2.45) is 0 Å². The molecule has 0 amide bonds. The fourth-order valence-electron chi connectivity index (χ4n) is 10.6. The quantitative estimate of drug-likeness (QED) is 0.169. The molecule has 286 valence electrons. The van der Waals surface area contributed by atoms with Crippen molar-refractivity contribution in [2.75, 3.05) is 4.90 Å². The molecule has 0 fully saturated rings. The Morgan fingerprint density at radius 1 is 0.350 bits per heavy atom. The molecule has 0 spiro atoms. The van der Waals surface area contributed by atoms with Crippen LogP contribution in [-0.4, -0.2) is 4.57 Å². The minimum atomic E-state index is -0.120. The fourth-order valence-corrected chi connectivity index (χ4v) is 10.6. The Labute approximate surface area is 351 Å². The zero-order valence-corrected chi connectivity index (χ0v) is 34.4. The maximum absolute atomic E-state index is 2.46. The van der Waals surface area contributed by atoms with E-state index in [1.54, 1.807) is 0 Å². The fraction of sp³-hybridized carbons (Fsp3) is 0.103. The Morgan fingerprint density at radius 3 is 1.68 bits per heavy atom. The van der Waals surface area contributed by atoms with Gasteiger partial charge in [0.1, 0.15) is 0 Å². The first-order valence-corrected chi connectivity index (χ1v) is 21.2. The highest BCUT2D eigenvalue weighted by molar-refractivity contribution is 6.11. The lowest BCUT2D eigenvalue weighted by atomic mass is 9.81. The van der Waals surface area contributed by atoms with Gasteiger partial charge in [0.15, 0.2) is 0 Å². The molecule has 1 aromatic heterocycles. The van der Waals surface area contributed by atoms with Gasteiger partial charge in [-0.2, -0.15) is 0 Å². The zero-order valence-electron chi connectivity index (χ0n) is 34.4. The maximum atomic E-state index is 2.46. The number of rotatable bonds is 5. The van der Waals surface area contributed by atoms with Crippen molar-refractivity contribution in [3.05, 3.63) is 216 Å². The van der Waals surface area contributed by atoms with Crippen molar-refractivity contribution in [1.29, 1.82) is 0 Å². The van der Waals surface area contributed by atoms with E-state index in [0.717, 1.165) is 22.7 Å². The van der Waals surface area contributed by atoms with E-state index in [-0.39, 0.29) is 10.8 Å². The minimum Gasteiger partial charge on any atom is -0.310 e. The summed E-state index contributed by atoms with van der Waals surface area (Å²) in [5, 5.41) is 5.17. The lowest BCUT2D eigenvalue weighted by Gasteiger charge is -2.28. The molecule has 0 saturated carbocycles. The predicted molar refractivity (Wildman–Crippen MR) is 254 cm³/mol. The van der Waals surface area contributed by atoms with Crippen LogP contribution in [0.1, 0.15) is 49.9 Å². The van der Waals surface area contributed by atoms with Gasteiger partial charge in [0.25, 0.3) is 0 Å². The molecule has 0 saturated heterocycles. The van der Waals surface area contributed by atoms with Gasteiger partial charge in [0.2, 0.25) is 0 Å². The average Bonchev–Trinajstić information content (AvgIpc) is 3.81. The van der Waals surface area contributed by atoms with Crippen LogP contribution >= 0.6 is 0 Å². The number of hydrogen-bond acceptors (Lipinski definition) is 1. The van der Waals surface area contributed by atoms with Gasteiger partial charge in [-0.15, -0.1) is 0 Å². The summed E-state index contributed by atoms with van der Waals surface area (Å²) in [5.41, 5.74) is 20.2. The van der Waals surface area contributed by atoms with E-state index in [4.69, 9.17) is 0 Å². The summed E-state index contributed by atoms with van der Waals surface area (Å²) >= 11 is 0. The standard InChI is InChI=1S/C58H44N2/c1-57(2)51-20-12-10-18-45(51)49-36-56-50(35-54(49)57)47-19-11-13-21-55(47)60(56)43-28-24-38(25-29-43)37-22-26-42(27-23-37)59(41-16-6-5-7-17-41)44-30-31-46-48-32-39-14-8-9-15-40(39)33-52(48)58(3,4)53(46)34-44/h5-36H,1-4H3. The lowest BCUT2D eigenvalue weighted by Crippen LogP contribution is -2.16. The SMILES string of the molecule is CC1(C)c2cc(N(c3ccccc3)c3ccc(-c4ccc(-n5c6ccccc6c6cc7c(cc65)-c5ccccc5C7(C)C)cc4)cc3)ccc2-c2cc3ccccc3cc21. The summed E-state index contributed by atoms with van der Waals surface area (Å²) in [5.74, 6) is 0. The van der Waals surface area contributed by atoms with Crippen molar-refractivity contribution < 1.29 is 0 Å². The van der Waals surface area contributed by atoms with Crippen LogP contribution in [0.2, 0.25) is 0 Å². The van der Waals surface area contributed by atoms with Crippen molar-refractivity contribution in [2.45, 2.75) is 38.5 Å². The van der Waals surface area contributed by atoms with E-state index in [0.29, 0.717) is 0 Å². The molecule has 0 radical (unpaired) electrons. The number of anilines is 3. The van der Waals surface area contributed by atoms with Crippen LogP contribution in [0.3, 0.4) is 0 Å². The van der Waals surface area contributed by atoms with Gasteiger partial charge in [0.05, 0.1) is 11.0 Å². The number of fused-ring (bicyclic) bond motifs is 10. The highest BCUT2D eigenvalue weighted by atomic mass is 15.1. The second-order valence-electron chi connectivity index (χ2n) is 17.8. The second-order valence-corrected chi connectivity index (χ2v) is 17.8. The molecule has 2 aliphatic carbocycles. The van der Waals surface area contributed by atoms with E-state index in [1.165, 1.54) is 88.2 Å². The normalized spacial score (nSPS) is 14.3. The molecule has 1 heterocycles. The Morgan fingerprint density at radius 2 is 0.900 bits per heavy atom. The van der Waals surface area contributed by atoms with Crippen molar-refractivity contribution in [3.63, 3.8) is 0 Å². The van der Waals surface area contributed by atoms with Crippen molar-refractivity contribution >= 4 is 49.6 Å². The summed E-state index contributed by atoms with van der Waals surface area (Å²) in [4.78, 5) is 2.39. The largest absolute Gasteiger partial charge is 0.310 e. The van der Waals surface area contributed by atoms with Crippen LogP contribution in [0.4, 0.5) is 17.1 Å². The second kappa shape index (κ2) is 12.7. The number of hydrogen-bond donors (Lipinski definition) is 0. The highest BCUT2D eigenvalue weighted by Gasteiger charge is 2.37. The van der Waals surface area contributed by atoms with E-state index >= 15 is 0 Å². The molecule has 9 aromatic carbocycles. The Bertz CT molecular complexity index is 3350. The monoisotopic (exact) mass is 768 g/mol. The van der Waals surface area contributed by atoms with E-state index in [9.17, 15) is 0 Å². The Kier molecular flexibility index (Phi) is 7.36. The van der Waals surface area contributed by atoms with Gasteiger partial charge in [-0.3, -0.25) is 0 Å². The van der Waals surface area contributed by atoms with Gasteiger partial charge in [-0.1, -0.05) is 143 Å². The summed E-state index contributed by atoms with van der Waals surface area (Å²) < 4.78 is 2.45. The summed E-state index contributed by atoms with van der Waals surface area (Å²) in [6, 6.07) is 72.1. The summed E-state index contributed by atoms with van der Waals surface area (Å²) in [7, 11) is 0. The lowest BCUT2D eigenvalue weighted by molar-refractivity contribution is 0.661. The van der Waals surface area contributed by atoms with Gasteiger partial charge < -0.3 is 9.47 Å². The third-order valence-electron chi connectivity index (χ3n) is 13.8. The van der Waals surface area contributed by atoms with E-state index in [1.807, 2.05) is 0 Å². The van der Waals surface area contributed by atoms with Gasteiger partial charge in [-0.05, 0) is 145 Å². The first kappa shape index (κ1) is 34.8. The van der Waals surface area contributed by atoms with Gasteiger partial charge in [-0.25, -0.2) is 0 Å². The molecule has 2 aliphatic rings. The number of benzene rings is 9. The zero-order chi connectivity index (χ0) is 40.3. The number of para-hydroxylation sites is 2. The molecule has 2 nitrogen and oxygen atoms in total. The van der Waals surface area contributed by atoms with Crippen LogP contribution in [0, 0.1) is 0 Å². The first-order chi connectivity index (χ1) is 29.3. The van der Waals surface area contributed by atoms with Crippen LogP contribution in [0.15, 0.2) is 194 Å². The smallest absolute Gasteiger partial charge is 0.0547 e. The molecule has 0 N–H and O–H groups in total. The first-order valence-electron chi connectivity index (χ1n) is 21.2. The van der Waals surface area contributed by atoms with Crippen LogP contribution in [0.5, 0.6) is 0 Å². The van der Waals surface area contributed by atoms with Gasteiger partial charge in [0, 0.05) is 44.4 Å². The number of aromatic nitrogens is 1. The molecular formula is C58H44N2. The van der Waals surface area contributed by atoms with Gasteiger partial charge >= 0.3 is 0 Å². The molecular weight excluding hydrogens is 725 g/mol. The third kappa shape index (κ3) is 5.01. The highest BCUT2D eigenvalue weighted by Crippen LogP contribution is 2.53. The predicted octanol–water partition coefficient (Wildman–Crippen LogP) is 15.7. The van der Waals surface area contributed by atoms with Crippen LogP contribution in [0.25, 0.3) is 71.6 Å². The maximum Gasteiger partial charge on any atom is 0.0547 e. The molecule has 60 heavy (non-hydrogen) atoms. The average molecular weight is 769 g/mol. The van der Waals surface area contributed by atoms with Crippen LogP contribution in [-0.2, 0) is 10.8 Å². The summed E-state index contributed by atoms with van der Waals surface area (Å²) in [6.45, 7) is 9.47. The molecule has 12 rings (SSSR count). The molecule has 2 heteroatoms.